The molecule has 1 aliphatic heterocycles. The van der Waals surface area contributed by atoms with E-state index in [1.807, 2.05) is 0 Å². The fraction of sp³-hybridized carbons (Fsp3) is 1.00. The van der Waals surface area contributed by atoms with Crippen LogP contribution in [0.4, 0.5) is 0 Å². The van der Waals surface area contributed by atoms with Crippen molar-refractivity contribution >= 4 is 0 Å². The van der Waals surface area contributed by atoms with Crippen LogP contribution in [0.5, 0.6) is 0 Å². The van der Waals surface area contributed by atoms with E-state index in [9.17, 15) is 0 Å². The summed E-state index contributed by atoms with van der Waals surface area (Å²) < 4.78 is 0. The average Bonchev–Trinajstić information content (AvgIpc) is 2.09. The summed E-state index contributed by atoms with van der Waals surface area (Å²) >= 11 is 0. The second-order valence-electron chi connectivity index (χ2n) is 3.67. The van der Waals surface area contributed by atoms with Gasteiger partial charge < -0.3 is 15.3 Å². The van der Waals surface area contributed by atoms with Gasteiger partial charge in [-0.2, -0.15) is 0 Å². The van der Waals surface area contributed by atoms with Crippen LogP contribution in [0.2, 0.25) is 0 Å². The van der Waals surface area contributed by atoms with Crippen LogP contribution in [0.1, 0.15) is 12.8 Å². The third-order valence-electron chi connectivity index (χ3n) is 2.56. The van der Waals surface area contributed by atoms with Crippen molar-refractivity contribution in [1.82, 2.24) is 10.2 Å². The van der Waals surface area contributed by atoms with Crippen LogP contribution in [0, 0.1) is 5.92 Å². The van der Waals surface area contributed by atoms with Crippen molar-refractivity contribution in [2.45, 2.75) is 12.8 Å². The van der Waals surface area contributed by atoms with Crippen LogP contribution in [-0.4, -0.2) is 49.8 Å². The smallest absolute Gasteiger partial charge is 0.0555 e. The molecule has 3 nitrogen and oxygen atoms in total. The summed E-state index contributed by atoms with van der Waals surface area (Å²) in [6.45, 7) is 4.53. The fourth-order valence-electron chi connectivity index (χ4n) is 1.65. The maximum absolute atomic E-state index is 8.57. The number of rotatable bonds is 4. The van der Waals surface area contributed by atoms with E-state index in [2.05, 4.69) is 17.3 Å². The first-order chi connectivity index (χ1) is 5.83. The van der Waals surface area contributed by atoms with Crippen molar-refractivity contribution in [1.29, 1.82) is 0 Å². The van der Waals surface area contributed by atoms with Crippen LogP contribution in [0.25, 0.3) is 0 Å². The van der Waals surface area contributed by atoms with Gasteiger partial charge in [0.25, 0.3) is 0 Å². The van der Waals surface area contributed by atoms with Crippen LogP contribution in [0.3, 0.4) is 0 Å². The van der Waals surface area contributed by atoms with Crippen molar-refractivity contribution in [3.8, 4) is 0 Å². The fourth-order valence-corrected chi connectivity index (χ4v) is 1.65. The number of piperidine rings is 1. The molecular formula is C9H20N2O. The molecule has 0 aromatic rings. The summed E-state index contributed by atoms with van der Waals surface area (Å²) in [5.74, 6) is 0.827. The highest BCUT2D eigenvalue weighted by atomic mass is 16.3. The van der Waals surface area contributed by atoms with Crippen molar-refractivity contribution in [2.24, 2.45) is 5.92 Å². The minimum atomic E-state index is 0.257. The lowest BCUT2D eigenvalue weighted by Gasteiger charge is -2.28. The number of likely N-dealkylation sites (tertiary alicyclic amines) is 1. The van der Waals surface area contributed by atoms with Crippen LogP contribution in [0.15, 0.2) is 0 Å². The highest BCUT2D eigenvalue weighted by Crippen LogP contribution is 2.14. The van der Waals surface area contributed by atoms with E-state index in [1.165, 1.54) is 25.9 Å². The first-order valence-electron chi connectivity index (χ1n) is 4.83. The monoisotopic (exact) mass is 172 g/mol. The molecule has 1 saturated heterocycles. The predicted octanol–water partition coefficient (Wildman–Crippen LogP) is -0.0899. The van der Waals surface area contributed by atoms with E-state index in [0.717, 1.165) is 19.0 Å². The maximum Gasteiger partial charge on any atom is 0.0555 e. The van der Waals surface area contributed by atoms with Crippen LogP contribution < -0.4 is 5.32 Å². The molecule has 1 aliphatic rings. The standard InChI is InChI=1S/C9H20N2O/c1-11-5-2-9(3-6-11)8-10-4-7-12/h9-10,12H,2-8H2,1H3. The first kappa shape index (κ1) is 9.96. The largest absolute Gasteiger partial charge is 0.395 e. The van der Waals surface area contributed by atoms with Crippen molar-refractivity contribution in [2.75, 3.05) is 39.8 Å². The summed E-state index contributed by atoms with van der Waals surface area (Å²) in [6, 6.07) is 0. The normalized spacial score (nSPS) is 21.5. The van der Waals surface area contributed by atoms with Gasteiger partial charge in [0, 0.05) is 6.54 Å². The average molecular weight is 172 g/mol. The third kappa shape index (κ3) is 3.52. The second kappa shape index (κ2) is 5.51. The molecule has 0 bridgehead atoms. The van der Waals surface area contributed by atoms with Gasteiger partial charge >= 0.3 is 0 Å². The Morgan fingerprint density at radius 3 is 2.67 bits per heavy atom. The molecule has 3 heteroatoms. The minimum Gasteiger partial charge on any atom is -0.395 e. The van der Waals surface area contributed by atoms with Gasteiger partial charge in [-0.1, -0.05) is 0 Å². The quantitative estimate of drug-likeness (QED) is 0.582. The van der Waals surface area contributed by atoms with E-state index in [0.29, 0.717) is 0 Å². The summed E-state index contributed by atoms with van der Waals surface area (Å²) in [7, 11) is 2.18. The summed E-state index contributed by atoms with van der Waals surface area (Å²) in [4.78, 5) is 2.38. The molecule has 1 fully saturated rings. The Morgan fingerprint density at radius 1 is 1.42 bits per heavy atom. The number of aliphatic hydroxyl groups excluding tert-OH is 1. The lowest BCUT2D eigenvalue weighted by molar-refractivity contribution is 0.212. The van der Waals surface area contributed by atoms with Gasteiger partial charge in [0.05, 0.1) is 6.61 Å². The predicted molar refractivity (Wildman–Crippen MR) is 50.2 cm³/mol. The van der Waals surface area contributed by atoms with E-state index < -0.39 is 0 Å². The summed E-state index contributed by atoms with van der Waals surface area (Å²) in [5.41, 5.74) is 0. The van der Waals surface area contributed by atoms with Gasteiger partial charge in [-0.25, -0.2) is 0 Å². The zero-order chi connectivity index (χ0) is 8.81. The minimum absolute atomic E-state index is 0.257. The molecule has 72 valence electrons. The lowest BCUT2D eigenvalue weighted by Crippen LogP contribution is -2.35. The zero-order valence-corrected chi connectivity index (χ0v) is 7.92. The number of nitrogens with zero attached hydrogens (tertiary/aromatic N) is 1. The first-order valence-corrected chi connectivity index (χ1v) is 4.83. The van der Waals surface area contributed by atoms with Gasteiger partial charge in [-0.15, -0.1) is 0 Å². The van der Waals surface area contributed by atoms with Crippen LogP contribution >= 0.6 is 0 Å². The molecular weight excluding hydrogens is 152 g/mol. The summed E-state index contributed by atoms with van der Waals surface area (Å²) in [5, 5.41) is 11.8. The highest BCUT2D eigenvalue weighted by Gasteiger charge is 2.15. The Morgan fingerprint density at radius 2 is 2.08 bits per heavy atom. The van der Waals surface area contributed by atoms with Gasteiger partial charge in [0.1, 0.15) is 0 Å². The Labute approximate surface area is 74.8 Å². The van der Waals surface area contributed by atoms with Gasteiger partial charge in [-0.05, 0) is 45.4 Å². The molecule has 12 heavy (non-hydrogen) atoms. The topological polar surface area (TPSA) is 35.5 Å². The Kier molecular flexibility index (Phi) is 4.58. The number of nitrogens with one attached hydrogen (secondary N) is 1. The molecule has 0 unspecified atom stereocenters. The van der Waals surface area contributed by atoms with E-state index in [1.54, 1.807) is 0 Å². The van der Waals surface area contributed by atoms with Gasteiger partial charge in [-0.3, -0.25) is 0 Å². The van der Waals surface area contributed by atoms with E-state index in [4.69, 9.17) is 5.11 Å². The molecule has 1 heterocycles. The number of hydrogen-bond acceptors (Lipinski definition) is 3. The third-order valence-corrected chi connectivity index (χ3v) is 2.56. The van der Waals surface area contributed by atoms with E-state index in [-0.39, 0.29) is 6.61 Å². The van der Waals surface area contributed by atoms with Crippen molar-refractivity contribution in [3.05, 3.63) is 0 Å². The molecule has 0 spiro atoms. The Hall–Kier alpha value is -0.120. The SMILES string of the molecule is CN1CCC(CNCCO)CC1. The van der Waals surface area contributed by atoms with E-state index >= 15 is 0 Å². The van der Waals surface area contributed by atoms with Gasteiger partial charge in [0.2, 0.25) is 0 Å². The maximum atomic E-state index is 8.57. The molecule has 0 aliphatic carbocycles. The second-order valence-corrected chi connectivity index (χ2v) is 3.67. The van der Waals surface area contributed by atoms with Crippen molar-refractivity contribution in [3.63, 3.8) is 0 Å². The van der Waals surface area contributed by atoms with Gasteiger partial charge in [0.15, 0.2) is 0 Å². The highest BCUT2D eigenvalue weighted by molar-refractivity contribution is 4.71. The molecule has 0 saturated carbocycles. The van der Waals surface area contributed by atoms with Crippen molar-refractivity contribution < 1.29 is 5.11 Å². The molecule has 0 aromatic heterocycles. The molecule has 0 amide bonds. The number of hydrogen-bond donors (Lipinski definition) is 2. The molecule has 0 radical (unpaired) electrons. The molecule has 2 N–H and O–H groups in total. The zero-order valence-electron chi connectivity index (χ0n) is 7.92. The Bertz CT molecular complexity index is 111. The van der Waals surface area contributed by atoms with Crippen LogP contribution in [-0.2, 0) is 0 Å². The molecule has 0 aromatic carbocycles. The molecule has 0 atom stereocenters. The lowest BCUT2D eigenvalue weighted by atomic mass is 9.97. The number of aliphatic hydroxyl groups is 1. The molecule has 1 rings (SSSR count). The Balaban J connectivity index is 2.01. The summed E-state index contributed by atoms with van der Waals surface area (Å²) in [6.07, 6.45) is 2.60.